The molecule has 0 atom stereocenters. The van der Waals surface area contributed by atoms with Crippen molar-refractivity contribution in [2.24, 2.45) is 0 Å². The average Bonchev–Trinajstić information content (AvgIpc) is 2.40. The van der Waals surface area contributed by atoms with E-state index >= 15 is 0 Å². The first-order valence-corrected chi connectivity index (χ1v) is 9.51. The van der Waals surface area contributed by atoms with Crippen molar-refractivity contribution in [1.82, 2.24) is 4.72 Å². The summed E-state index contributed by atoms with van der Waals surface area (Å²) in [7, 11) is -3.37. The van der Waals surface area contributed by atoms with E-state index < -0.39 is 10.0 Å². The van der Waals surface area contributed by atoms with E-state index in [0.29, 0.717) is 11.4 Å². The monoisotopic (exact) mass is 361 g/mol. The number of sulfonamides is 1. The molecule has 0 radical (unpaired) electrons. The quantitative estimate of drug-likeness (QED) is 0.662. The molecule has 0 aromatic heterocycles. The molecular formula is C15H24BrNO2S. The Kier molecular flexibility index (Phi) is 7.77. The molecule has 0 aliphatic rings. The third-order valence-corrected chi connectivity index (χ3v) is 5.61. The molecule has 114 valence electrons. The van der Waals surface area contributed by atoms with Gasteiger partial charge in [-0.1, -0.05) is 55.0 Å². The van der Waals surface area contributed by atoms with Gasteiger partial charge in [0, 0.05) is 11.0 Å². The number of unbranched alkanes of at least 4 members (excludes halogenated alkanes) is 5. The van der Waals surface area contributed by atoms with Gasteiger partial charge in [-0.15, -0.1) is 0 Å². The molecule has 0 unspecified atom stereocenters. The SMILES string of the molecule is CCCCCCCCNS(=O)(=O)c1ccc(Br)c(C)c1. The summed E-state index contributed by atoms with van der Waals surface area (Å²) in [5, 5.41) is 0. The van der Waals surface area contributed by atoms with Crippen molar-refractivity contribution in [3.05, 3.63) is 28.2 Å². The second kappa shape index (κ2) is 8.80. The van der Waals surface area contributed by atoms with Gasteiger partial charge in [0.2, 0.25) is 10.0 Å². The zero-order valence-corrected chi connectivity index (χ0v) is 14.7. The van der Waals surface area contributed by atoms with E-state index in [-0.39, 0.29) is 0 Å². The first-order valence-electron chi connectivity index (χ1n) is 7.23. The third kappa shape index (κ3) is 5.94. The summed E-state index contributed by atoms with van der Waals surface area (Å²) in [5.74, 6) is 0. The molecule has 1 rings (SSSR count). The van der Waals surface area contributed by atoms with Crippen LogP contribution in [0.1, 0.15) is 51.0 Å². The number of aryl methyl sites for hydroxylation is 1. The number of halogens is 1. The number of hydrogen-bond donors (Lipinski definition) is 1. The van der Waals surface area contributed by atoms with Crippen LogP contribution < -0.4 is 4.72 Å². The fourth-order valence-electron chi connectivity index (χ4n) is 1.98. The lowest BCUT2D eigenvalue weighted by atomic mass is 10.1. The summed E-state index contributed by atoms with van der Waals surface area (Å²) >= 11 is 3.37. The highest BCUT2D eigenvalue weighted by atomic mass is 79.9. The molecule has 0 bridgehead atoms. The average molecular weight is 362 g/mol. The van der Waals surface area contributed by atoms with Gasteiger partial charge in [-0.3, -0.25) is 0 Å². The Bertz CT molecular complexity index is 515. The zero-order chi connectivity index (χ0) is 15.0. The van der Waals surface area contributed by atoms with Gasteiger partial charge in [-0.25, -0.2) is 13.1 Å². The minimum atomic E-state index is -3.37. The summed E-state index contributed by atoms with van der Waals surface area (Å²) in [6.45, 7) is 4.59. The normalized spacial score (nSPS) is 11.8. The van der Waals surface area contributed by atoms with Crippen LogP contribution in [0.3, 0.4) is 0 Å². The molecule has 0 aliphatic heterocycles. The van der Waals surface area contributed by atoms with E-state index in [2.05, 4.69) is 27.6 Å². The van der Waals surface area contributed by atoms with Gasteiger partial charge in [-0.05, 0) is 37.1 Å². The highest BCUT2D eigenvalue weighted by molar-refractivity contribution is 9.10. The van der Waals surface area contributed by atoms with Gasteiger partial charge in [0.05, 0.1) is 4.90 Å². The molecule has 0 saturated carbocycles. The highest BCUT2D eigenvalue weighted by Gasteiger charge is 2.13. The van der Waals surface area contributed by atoms with Crippen LogP contribution in [0, 0.1) is 6.92 Å². The maximum absolute atomic E-state index is 12.1. The lowest BCUT2D eigenvalue weighted by molar-refractivity contribution is 0.567. The van der Waals surface area contributed by atoms with Crippen LogP contribution in [-0.2, 0) is 10.0 Å². The van der Waals surface area contributed by atoms with E-state index in [0.717, 1.165) is 22.9 Å². The molecule has 5 heteroatoms. The predicted molar refractivity (Wildman–Crippen MR) is 87.4 cm³/mol. The van der Waals surface area contributed by atoms with Gasteiger partial charge < -0.3 is 0 Å². The smallest absolute Gasteiger partial charge is 0.211 e. The second-order valence-electron chi connectivity index (χ2n) is 5.08. The van der Waals surface area contributed by atoms with Crippen LogP contribution in [0.5, 0.6) is 0 Å². The standard InChI is InChI=1S/C15H24BrNO2S/c1-3-4-5-6-7-8-11-17-20(18,19)14-9-10-15(16)13(2)12-14/h9-10,12,17H,3-8,11H2,1-2H3. The molecular weight excluding hydrogens is 338 g/mol. The molecule has 1 aromatic rings. The van der Waals surface area contributed by atoms with E-state index in [1.165, 1.54) is 25.7 Å². The van der Waals surface area contributed by atoms with Crippen LogP contribution in [0.25, 0.3) is 0 Å². The molecule has 3 nitrogen and oxygen atoms in total. The number of nitrogens with one attached hydrogen (secondary N) is 1. The summed E-state index contributed by atoms with van der Waals surface area (Å²) in [5.41, 5.74) is 0.924. The van der Waals surface area contributed by atoms with Gasteiger partial charge in [0.1, 0.15) is 0 Å². The van der Waals surface area contributed by atoms with E-state index in [1.807, 2.05) is 6.92 Å². The summed E-state index contributed by atoms with van der Waals surface area (Å²) in [4.78, 5) is 0.337. The van der Waals surface area contributed by atoms with Crippen molar-refractivity contribution in [3.63, 3.8) is 0 Å². The molecule has 0 saturated heterocycles. The van der Waals surface area contributed by atoms with Crippen molar-refractivity contribution in [3.8, 4) is 0 Å². The predicted octanol–water partition coefficient (Wildman–Crippen LogP) is 4.40. The van der Waals surface area contributed by atoms with Gasteiger partial charge in [-0.2, -0.15) is 0 Å². The zero-order valence-electron chi connectivity index (χ0n) is 12.3. The summed E-state index contributed by atoms with van der Waals surface area (Å²) < 4.78 is 27.8. The molecule has 1 N–H and O–H groups in total. The molecule has 0 fully saturated rings. The molecule has 0 heterocycles. The number of rotatable bonds is 9. The van der Waals surface area contributed by atoms with E-state index in [1.54, 1.807) is 18.2 Å². The Balaban J connectivity index is 2.40. The van der Waals surface area contributed by atoms with Crippen LogP contribution in [0.2, 0.25) is 0 Å². The molecule has 20 heavy (non-hydrogen) atoms. The maximum Gasteiger partial charge on any atom is 0.240 e. The number of benzene rings is 1. The Morgan fingerprint density at radius 2 is 1.75 bits per heavy atom. The molecule has 0 amide bonds. The Morgan fingerprint density at radius 1 is 1.10 bits per heavy atom. The van der Waals surface area contributed by atoms with Crippen molar-refractivity contribution < 1.29 is 8.42 Å². The maximum atomic E-state index is 12.1. The lowest BCUT2D eigenvalue weighted by Gasteiger charge is -2.08. The first-order chi connectivity index (χ1) is 9.47. The lowest BCUT2D eigenvalue weighted by Crippen LogP contribution is -2.24. The molecule has 0 spiro atoms. The van der Waals surface area contributed by atoms with Crippen molar-refractivity contribution in [2.45, 2.75) is 57.3 Å². The van der Waals surface area contributed by atoms with E-state index in [4.69, 9.17) is 0 Å². The Morgan fingerprint density at radius 3 is 2.40 bits per heavy atom. The van der Waals surface area contributed by atoms with Gasteiger partial charge >= 0.3 is 0 Å². The minimum absolute atomic E-state index is 0.337. The van der Waals surface area contributed by atoms with Gasteiger partial charge in [0.25, 0.3) is 0 Å². The highest BCUT2D eigenvalue weighted by Crippen LogP contribution is 2.19. The fourth-order valence-corrected chi connectivity index (χ4v) is 3.39. The van der Waals surface area contributed by atoms with E-state index in [9.17, 15) is 8.42 Å². The van der Waals surface area contributed by atoms with Crippen LogP contribution in [-0.4, -0.2) is 15.0 Å². The molecule has 1 aromatic carbocycles. The largest absolute Gasteiger partial charge is 0.240 e. The second-order valence-corrected chi connectivity index (χ2v) is 7.70. The van der Waals surface area contributed by atoms with Gasteiger partial charge in [0.15, 0.2) is 0 Å². The topological polar surface area (TPSA) is 46.2 Å². The number of hydrogen-bond acceptors (Lipinski definition) is 2. The van der Waals surface area contributed by atoms with Crippen LogP contribution in [0.4, 0.5) is 0 Å². The van der Waals surface area contributed by atoms with Crippen LogP contribution >= 0.6 is 15.9 Å². The summed E-state index contributed by atoms with van der Waals surface area (Å²) in [6, 6.07) is 5.09. The fraction of sp³-hybridized carbons (Fsp3) is 0.600. The summed E-state index contributed by atoms with van der Waals surface area (Å²) in [6.07, 6.45) is 6.92. The van der Waals surface area contributed by atoms with Crippen LogP contribution in [0.15, 0.2) is 27.6 Å². The first kappa shape index (κ1) is 17.7. The molecule has 0 aliphatic carbocycles. The Labute approximate surface area is 131 Å². The van der Waals surface area contributed by atoms with Crippen molar-refractivity contribution in [2.75, 3.05) is 6.54 Å². The van der Waals surface area contributed by atoms with Crippen molar-refractivity contribution >= 4 is 26.0 Å². The third-order valence-electron chi connectivity index (χ3n) is 3.26. The van der Waals surface area contributed by atoms with Crippen molar-refractivity contribution in [1.29, 1.82) is 0 Å². The minimum Gasteiger partial charge on any atom is -0.211 e. The Hall–Kier alpha value is -0.390.